The van der Waals surface area contributed by atoms with Gasteiger partial charge in [0.1, 0.15) is 0 Å². The van der Waals surface area contributed by atoms with E-state index in [0.717, 1.165) is 17.4 Å². The molecule has 4 heteroatoms. The van der Waals surface area contributed by atoms with Gasteiger partial charge in [-0.15, -0.1) is 0 Å². The molecule has 0 amide bonds. The molecule has 2 nitrogen and oxygen atoms in total. The summed E-state index contributed by atoms with van der Waals surface area (Å²) in [6, 6.07) is 8.37. The molecule has 0 aromatic heterocycles. The Morgan fingerprint density at radius 2 is 2.44 bits per heavy atom. The first kappa shape index (κ1) is 12.2. The Balaban J connectivity index is 1.92. The summed E-state index contributed by atoms with van der Waals surface area (Å²) in [7, 11) is 0. The van der Waals surface area contributed by atoms with Crippen LogP contribution >= 0.6 is 34.4 Å². The highest BCUT2D eigenvalue weighted by molar-refractivity contribution is 14.1. The number of anilines is 1. The smallest absolute Gasteiger partial charge is 0.161 e. The van der Waals surface area contributed by atoms with E-state index in [4.69, 9.17) is 0 Å². The van der Waals surface area contributed by atoms with Crippen molar-refractivity contribution in [3.8, 4) is 0 Å². The molecule has 0 saturated heterocycles. The molecule has 0 fully saturated rings. The summed E-state index contributed by atoms with van der Waals surface area (Å²) in [6.07, 6.45) is 2.50. The van der Waals surface area contributed by atoms with Crippen LogP contribution in [-0.4, -0.2) is 17.0 Å². The van der Waals surface area contributed by atoms with Crippen molar-refractivity contribution in [1.82, 2.24) is 0 Å². The fourth-order valence-corrected chi connectivity index (χ4v) is 3.34. The van der Waals surface area contributed by atoms with E-state index in [1.54, 1.807) is 0 Å². The molecule has 2 rings (SSSR count). The lowest BCUT2D eigenvalue weighted by molar-refractivity contribution is 0.754. The van der Waals surface area contributed by atoms with E-state index in [2.05, 4.69) is 64.1 Å². The van der Waals surface area contributed by atoms with Crippen LogP contribution in [0.15, 0.2) is 29.3 Å². The maximum absolute atomic E-state index is 4.53. The Hall–Kier alpha value is -0.230. The molecule has 1 aromatic rings. The molecule has 0 aliphatic carbocycles. The summed E-state index contributed by atoms with van der Waals surface area (Å²) in [6.45, 7) is 3.19. The fraction of sp³-hybridized carbons (Fsp3) is 0.417. The van der Waals surface area contributed by atoms with Gasteiger partial charge in [0.15, 0.2) is 5.17 Å². The number of nitrogens with zero attached hydrogens (tertiary/aromatic N) is 1. The molecule has 1 aliphatic heterocycles. The Labute approximate surface area is 114 Å². The van der Waals surface area contributed by atoms with Gasteiger partial charge < -0.3 is 5.32 Å². The first-order valence-electron chi connectivity index (χ1n) is 5.51. The quantitative estimate of drug-likeness (QED) is 0.838. The van der Waals surface area contributed by atoms with E-state index in [1.807, 2.05) is 11.8 Å². The van der Waals surface area contributed by atoms with Crippen molar-refractivity contribution in [3.63, 3.8) is 0 Å². The minimum atomic E-state index is 0.676. The fourth-order valence-electron chi connectivity index (χ4n) is 1.65. The van der Waals surface area contributed by atoms with Gasteiger partial charge in [0.05, 0.1) is 6.54 Å². The summed E-state index contributed by atoms with van der Waals surface area (Å²) >= 11 is 4.20. The molecular weight excluding hydrogens is 331 g/mol. The van der Waals surface area contributed by atoms with Gasteiger partial charge in [-0.25, -0.2) is 0 Å². The number of amidine groups is 1. The first-order valence-corrected chi connectivity index (χ1v) is 7.47. The van der Waals surface area contributed by atoms with Crippen LogP contribution in [0.1, 0.15) is 19.8 Å². The average molecular weight is 346 g/mol. The van der Waals surface area contributed by atoms with Gasteiger partial charge in [-0.05, 0) is 47.2 Å². The van der Waals surface area contributed by atoms with E-state index in [-0.39, 0.29) is 0 Å². The van der Waals surface area contributed by atoms with Crippen LogP contribution in [0.5, 0.6) is 0 Å². The molecule has 1 N–H and O–H groups in total. The lowest BCUT2D eigenvalue weighted by Crippen LogP contribution is -2.07. The maximum Gasteiger partial charge on any atom is 0.161 e. The third-order valence-corrected chi connectivity index (χ3v) is 4.25. The minimum Gasteiger partial charge on any atom is -0.335 e. The van der Waals surface area contributed by atoms with Crippen molar-refractivity contribution in [2.24, 2.45) is 4.99 Å². The molecule has 16 heavy (non-hydrogen) atoms. The number of benzene rings is 1. The van der Waals surface area contributed by atoms with E-state index < -0.39 is 0 Å². The number of rotatable bonds is 3. The van der Waals surface area contributed by atoms with Gasteiger partial charge in [-0.1, -0.05) is 31.2 Å². The first-order chi connectivity index (χ1) is 7.78. The second-order valence-corrected chi connectivity index (χ2v) is 6.34. The molecule has 0 spiro atoms. The topological polar surface area (TPSA) is 24.4 Å². The number of halogens is 1. The average Bonchev–Trinajstić information content (AvgIpc) is 2.66. The zero-order chi connectivity index (χ0) is 11.4. The molecule has 86 valence electrons. The summed E-state index contributed by atoms with van der Waals surface area (Å²) < 4.78 is 1.25. The highest BCUT2D eigenvalue weighted by Crippen LogP contribution is 2.26. The van der Waals surface area contributed by atoms with Crippen LogP contribution in [-0.2, 0) is 0 Å². The zero-order valence-corrected chi connectivity index (χ0v) is 12.2. The van der Waals surface area contributed by atoms with Crippen LogP contribution in [0.25, 0.3) is 0 Å². The van der Waals surface area contributed by atoms with Gasteiger partial charge in [0, 0.05) is 14.5 Å². The summed E-state index contributed by atoms with van der Waals surface area (Å²) in [5.41, 5.74) is 1.13. The van der Waals surface area contributed by atoms with Gasteiger partial charge in [0.2, 0.25) is 0 Å². The molecule has 1 aliphatic rings. The number of aliphatic imine (C=N–C) groups is 1. The van der Waals surface area contributed by atoms with Gasteiger partial charge in [-0.3, -0.25) is 4.99 Å². The minimum absolute atomic E-state index is 0.676. The van der Waals surface area contributed by atoms with Crippen molar-refractivity contribution in [2.45, 2.75) is 25.0 Å². The summed E-state index contributed by atoms with van der Waals surface area (Å²) in [5.74, 6) is 0. The Bertz CT molecular complexity index is 392. The molecular formula is C12H15IN2S. The molecule has 1 atom stereocenters. The van der Waals surface area contributed by atoms with Crippen LogP contribution in [0.2, 0.25) is 0 Å². The lowest BCUT2D eigenvalue weighted by atomic mass is 10.2. The summed E-state index contributed by atoms with van der Waals surface area (Å²) in [4.78, 5) is 4.53. The zero-order valence-electron chi connectivity index (χ0n) is 9.24. The van der Waals surface area contributed by atoms with Gasteiger partial charge >= 0.3 is 0 Å². The Morgan fingerprint density at radius 3 is 3.19 bits per heavy atom. The second-order valence-electron chi connectivity index (χ2n) is 3.81. The molecule has 0 radical (unpaired) electrons. The summed E-state index contributed by atoms with van der Waals surface area (Å²) in [5, 5.41) is 5.12. The van der Waals surface area contributed by atoms with Crippen molar-refractivity contribution >= 4 is 45.2 Å². The normalized spacial score (nSPS) is 19.6. The lowest BCUT2D eigenvalue weighted by Gasteiger charge is -2.08. The van der Waals surface area contributed by atoms with E-state index in [1.165, 1.54) is 16.4 Å². The maximum atomic E-state index is 4.53. The molecule has 1 aromatic carbocycles. The van der Waals surface area contributed by atoms with Crippen molar-refractivity contribution in [3.05, 3.63) is 27.8 Å². The highest BCUT2D eigenvalue weighted by atomic mass is 127. The van der Waals surface area contributed by atoms with Gasteiger partial charge in [0.25, 0.3) is 0 Å². The number of thioether (sulfide) groups is 1. The predicted molar refractivity (Wildman–Crippen MR) is 81.4 cm³/mol. The molecule has 0 bridgehead atoms. The molecule has 1 unspecified atom stereocenters. The number of hydrogen-bond donors (Lipinski definition) is 1. The largest absolute Gasteiger partial charge is 0.335 e. The monoisotopic (exact) mass is 346 g/mol. The standard InChI is InChI=1S/C12H15IN2S/c1-2-4-11-8-14-12(16-11)15-10-6-3-5-9(13)7-10/h3,5-7,11H,2,4,8H2,1H3,(H,14,15). The van der Waals surface area contributed by atoms with Crippen molar-refractivity contribution in [1.29, 1.82) is 0 Å². The third kappa shape index (κ3) is 3.38. The Morgan fingerprint density at radius 1 is 1.56 bits per heavy atom. The second kappa shape index (κ2) is 5.91. The molecule has 0 saturated carbocycles. The number of nitrogens with one attached hydrogen (secondary N) is 1. The number of hydrogen-bond acceptors (Lipinski definition) is 3. The Kier molecular flexibility index (Phi) is 4.52. The van der Waals surface area contributed by atoms with Crippen LogP contribution in [0.3, 0.4) is 0 Å². The van der Waals surface area contributed by atoms with E-state index >= 15 is 0 Å². The molecule has 1 heterocycles. The van der Waals surface area contributed by atoms with E-state index in [9.17, 15) is 0 Å². The predicted octanol–water partition coefficient (Wildman–Crippen LogP) is 3.97. The van der Waals surface area contributed by atoms with Gasteiger partial charge in [-0.2, -0.15) is 0 Å². The van der Waals surface area contributed by atoms with Crippen LogP contribution in [0, 0.1) is 3.57 Å². The highest BCUT2D eigenvalue weighted by Gasteiger charge is 2.18. The van der Waals surface area contributed by atoms with Crippen LogP contribution in [0.4, 0.5) is 5.69 Å². The van der Waals surface area contributed by atoms with E-state index in [0.29, 0.717) is 5.25 Å². The van der Waals surface area contributed by atoms with Crippen molar-refractivity contribution in [2.75, 3.05) is 11.9 Å². The van der Waals surface area contributed by atoms with Crippen LogP contribution < -0.4 is 5.32 Å². The van der Waals surface area contributed by atoms with Crippen molar-refractivity contribution < 1.29 is 0 Å². The third-order valence-electron chi connectivity index (χ3n) is 2.40. The SMILES string of the molecule is CCCC1CN=C(Nc2cccc(I)c2)S1.